The van der Waals surface area contributed by atoms with E-state index in [0.29, 0.717) is 0 Å². The fraction of sp³-hybridized carbons (Fsp3) is 0.300. The van der Waals surface area contributed by atoms with Crippen LogP contribution in [0.15, 0.2) is 16.9 Å². The Balaban J connectivity index is 2.98. The lowest BCUT2D eigenvalue weighted by Crippen LogP contribution is -2.12. The predicted octanol–water partition coefficient (Wildman–Crippen LogP) is 1.18. The molecule has 14 heavy (non-hydrogen) atoms. The molecule has 2 aromatic rings. The molecule has 0 aliphatic heterocycles. The number of methoxy groups -OCH3 is 1. The van der Waals surface area contributed by atoms with E-state index in [-0.39, 0.29) is 5.69 Å². The summed E-state index contributed by atoms with van der Waals surface area (Å²) in [6.07, 6.45) is 0. The number of aryl methyl sites for hydroxylation is 2. The maximum Gasteiger partial charge on any atom is 0.326 e. The molecule has 0 fully saturated rings. The summed E-state index contributed by atoms with van der Waals surface area (Å²) < 4.78 is 6.83. The molecule has 0 saturated heterocycles. The quantitative estimate of drug-likeness (QED) is 0.737. The van der Waals surface area contributed by atoms with Gasteiger partial charge in [0.05, 0.1) is 12.6 Å². The number of nitrogens with one attached hydrogen (secondary N) is 1. The Morgan fingerprint density at radius 2 is 2.14 bits per heavy atom. The zero-order valence-electron chi connectivity index (χ0n) is 8.42. The average molecular weight is 192 g/mol. The van der Waals surface area contributed by atoms with E-state index in [1.165, 1.54) is 0 Å². The fourth-order valence-corrected chi connectivity index (χ4v) is 1.66. The van der Waals surface area contributed by atoms with Crippen molar-refractivity contribution in [3.05, 3.63) is 28.2 Å². The molecule has 0 radical (unpaired) electrons. The molecular weight excluding hydrogens is 180 g/mol. The van der Waals surface area contributed by atoms with Crippen LogP contribution in [0.5, 0.6) is 5.75 Å². The molecule has 4 heteroatoms. The van der Waals surface area contributed by atoms with E-state index in [0.717, 1.165) is 22.3 Å². The number of hydrogen-bond donors (Lipinski definition) is 1. The third-order valence-electron chi connectivity index (χ3n) is 2.41. The van der Waals surface area contributed by atoms with E-state index >= 15 is 0 Å². The van der Waals surface area contributed by atoms with Crippen LogP contribution in [0.2, 0.25) is 0 Å². The second-order valence-electron chi connectivity index (χ2n) is 3.30. The summed E-state index contributed by atoms with van der Waals surface area (Å²) in [6, 6.07) is 3.81. The van der Waals surface area contributed by atoms with E-state index in [9.17, 15) is 4.79 Å². The van der Waals surface area contributed by atoms with Crippen molar-refractivity contribution in [2.45, 2.75) is 6.92 Å². The lowest BCUT2D eigenvalue weighted by Gasteiger charge is -2.06. The van der Waals surface area contributed by atoms with Gasteiger partial charge in [-0.3, -0.25) is 4.57 Å². The summed E-state index contributed by atoms with van der Waals surface area (Å²) in [5.74, 6) is 0.753. The molecule has 0 bridgehead atoms. The third kappa shape index (κ3) is 1.04. The van der Waals surface area contributed by atoms with E-state index in [1.54, 1.807) is 18.7 Å². The number of aromatic nitrogens is 2. The van der Waals surface area contributed by atoms with Gasteiger partial charge in [0.2, 0.25) is 0 Å². The highest BCUT2D eigenvalue weighted by molar-refractivity contribution is 5.83. The van der Waals surface area contributed by atoms with Crippen LogP contribution < -0.4 is 10.4 Å². The first-order valence-electron chi connectivity index (χ1n) is 4.37. The van der Waals surface area contributed by atoms with Gasteiger partial charge in [0, 0.05) is 7.05 Å². The maximum absolute atomic E-state index is 11.4. The van der Waals surface area contributed by atoms with Gasteiger partial charge in [-0.15, -0.1) is 0 Å². The second-order valence-corrected chi connectivity index (χ2v) is 3.30. The van der Waals surface area contributed by atoms with Crippen LogP contribution in [0, 0.1) is 6.92 Å². The summed E-state index contributed by atoms with van der Waals surface area (Å²) >= 11 is 0. The van der Waals surface area contributed by atoms with E-state index in [1.807, 2.05) is 19.1 Å². The normalized spacial score (nSPS) is 10.8. The van der Waals surface area contributed by atoms with Crippen molar-refractivity contribution in [3.8, 4) is 5.75 Å². The number of H-pyrrole nitrogens is 1. The largest absolute Gasteiger partial charge is 0.494 e. The molecule has 1 heterocycles. The van der Waals surface area contributed by atoms with Gasteiger partial charge in [-0.2, -0.15) is 0 Å². The molecule has 74 valence electrons. The highest BCUT2D eigenvalue weighted by atomic mass is 16.5. The van der Waals surface area contributed by atoms with Gasteiger partial charge in [-0.1, -0.05) is 6.07 Å². The topological polar surface area (TPSA) is 47.0 Å². The smallest absolute Gasteiger partial charge is 0.326 e. The maximum atomic E-state index is 11.4. The van der Waals surface area contributed by atoms with Crippen molar-refractivity contribution in [1.82, 2.24) is 9.55 Å². The first kappa shape index (κ1) is 8.87. The molecular formula is C10H12N2O2. The Labute approximate surface area is 81.1 Å². The zero-order chi connectivity index (χ0) is 10.3. The lowest BCUT2D eigenvalue weighted by molar-refractivity contribution is 0.415. The molecule has 0 amide bonds. The van der Waals surface area contributed by atoms with E-state index in [4.69, 9.17) is 4.74 Å². The first-order chi connectivity index (χ1) is 6.65. The number of aromatic amines is 1. The molecule has 1 N–H and O–H groups in total. The Morgan fingerprint density at radius 1 is 1.43 bits per heavy atom. The summed E-state index contributed by atoms with van der Waals surface area (Å²) in [5, 5.41) is 0. The SMILES string of the molecule is COc1c(C)ccc2[nH]c(=O)n(C)c12. The van der Waals surface area contributed by atoms with Crippen LogP contribution in [-0.2, 0) is 7.05 Å². The molecule has 4 nitrogen and oxygen atoms in total. The first-order valence-corrected chi connectivity index (χ1v) is 4.37. The molecule has 2 rings (SSSR count). The minimum Gasteiger partial charge on any atom is -0.494 e. The number of hydrogen-bond acceptors (Lipinski definition) is 2. The second kappa shape index (κ2) is 2.90. The van der Waals surface area contributed by atoms with Crippen molar-refractivity contribution in [1.29, 1.82) is 0 Å². The van der Waals surface area contributed by atoms with Gasteiger partial charge in [0.1, 0.15) is 11.3 Å². The molecule has 0 unspecified atom stereocenters. The highest BCUT2D eigenvalue weighted by Crippen LogP contribution is 2.26. The third-order valence-corrected chi connectivity index (χ3v) is 2.41. The van der Waals surface area contributed by atoms with Gasteiger partial charge < -0.3 is 9.72 Å². The molecule has 0 spiro atoms. The van der Waals surface area contributed by atoms with Gasteiger partial charge in [0.25, 0.3) is 0 Å². The standard InChI is InChI=1S/C10H12N2O2/c1-6-4-5-7-8(9(6)14-3)12(2)10(13)11-7/h4-5H,1-3H3,(H,11,13). The highest BCUT2D eigenvalue weighted by Gasteiger charge is 2.10. The van der Waals surface area contributed by atoms with Gasteiger partial charge >= 0.3 is 5.69 Å². The van der Waals surface area contributed by atoms with Crippen LogP contribution >= 0.6 is 0 Å². The summed E-state index contributed by atoms with van der Waals surface area (Å²) in [6.45, 7) is 1.95. The predicted molar refractivity (Wildman–Crippen MR) is 54.8 cm³/mol. The van der Waals surface area contributed by atoms with Crippen molar-refractivity contribution < 1.29 is 4.74 Å². The summed E-state index contributed by atoms with van der Waals surface area (Å²) in [5.41, 5.74) is 2.52. The fourth-order valence-electron chi connectivity index (χ4n) is 1.66. The molecule has 0 aliphatic rings. The van der Waals surface area contributed by atoms with Crippen LogP contribution in [0.4, 0.5) is 0 Å². The number of nitrogens with zero attached hydrogens (tertiary/aromatic N) is 1. The van der Waals surface area contributed by atoms with Crippen LogP contribution in [-0.4, -0.2) is 16.7 Å². The molecule has 1 aromatic carbocycles. The van der Waals surface area contributed by atoms with Crippen LogP contribution in [0.3, 0.4) is 0 Å². The average Bonchev–Trinajstić information content (AvgIpc) is 2.45. The molecule has 0 aliphatic carbocycles. The van der Waals surface area contributed by atoms with Gasteiger partial charge in [-0.05, 0) is 18.6 Å². The Kier molecular flexibility index (Phi) is 1.84. The van der Waals surface area contributed by atoms with E-state index in [2.05, 4.69) is 4.98 Å². The number of benzene rings is 1. The minimum atomic E-state index is -0.121. The Bertz CT molecular complexity index is 537. The number of rotatable bonds is 1. The summed E-state index contributed by atoms with van der Waals surface area (Å²) in [4.78, 5) is 14.1. The van der Waals surface area contributed by atoms with Gasteiger partial charge in [-0.25, -0.2) is 4.79 Å². The van der Waals surface area contributed by atoms with Crippen LogP contribution in [0.1, 0.15) is 5.56 Å². The zero-order valence-corrected chi connectivity index (χ0v) is 8.42. The number of ether oxygens (including phenoxy) is 1. The Hall–Kier alpha value is -1.71. The van der Waals surface area contributed by atoms with Crippen molar-refractivity contribution in [2.24, 2.45) is 7.05 Å². The van der Waals surface area contributed by atoms with Crippen molar-refractivity contribution in [3.63, 3.8) is 0 Å². The van der Waals surface area contributed by atoms with Crippen LogP contribution in [0.25, 0.3) is 11.0 Å². The monoisotopic (exact) mass is 192 g/mol. The minimum absolute atomic E-state index is 0.121. The Morgan fingerprint density at radius 3 is 2.79 bits per heavy atom. The van der Waals surface area contributed by atoms with E-state index < -0.39 is 0 Å². The summed E-state index contributed by atoms with van der Waals surface area (Å²) in [7, 11) is 3.34. The van der Waals surface area contributed by atoms with Gasteiger partial charge in [0.15, 0.2) is 0 Å². The van der Waals surface area contributed by atoms with Crippen molar-refractivity contribution >= 4 is 11.0 Å². The number of fused-ring (bicyclic) bond motifs is 1. The molecule has 0 saturated carbocycles. The van der Waals surface area contributed by atoms with Crippen molar-refractivity contribution in [2.75, 3.05) is 7.11 Å². The lowest BCUT2D eigenvalue weighted by atomic mass is 10.2. The number of imidazole rings is 1. The molecule has 0 atom stereocenters. The molecule has 1 aromatic heterocycles.